The largest absolute Gasteiger partial charge is 0.449 e. The summed E-state index contributed by atoms with van der Waals surface area (Å²) < 4.78 is 5.24. The molecular formula is C16H15Cl2NO2. The van der Waals surface area contributed by atoms with Crippen LogP contribution in [-0.2, 0) is 4.74 Å². The van der Waals surface area contributed by atoms with Gasteiger partial charge in [-0.2, -0.15) is 0 Å². The van der Waals surface area contributed by atoms with Crippen LogP contribution in [0.3, 0.4) is 0 Å². The Morgan fingerprint density at radius 1 is 1.14 bits per heavy atom. The summed E-state index contributed by atoms with van der Waals surface area (Å²) in [4.78, 5) is 13.8. The topological polar surface area (TPSA) is 29.5 Å². The van der Waals surface area contributed by atoms with E-state index in [9.17, 15) is 4.79 Å². The van der Waals surface area contributed by atoms with Gasteiger partial charge in [-0.15, -0.1) is 0 Å². The van der Waals surface area contributed by atoms with Crippen molar-refractivity contribution >= 4 is 40.7 Å². The second kappa shape index (κ2) is 7.34. The van der Waals surface area contributed by atoms with Gasteiger partial charge in [0.05, 0.1) is 23.0 Å². The summed E-state index contributed by atoms with van der Waals surface area (Å²) >= 11 is 12.1. The predicted molar refractivity (Wildman–Crippen MR) is 86.7 cm³/mol. The lowest BCUT2D eigenvalue weighted by Gasteiger charge is -2.23. The highest BCUT2D eigenvalue weighted by Crippen LogP contribution is 2.34. The van der Waals surface area contributed by atoms with Gasteiger partial charge in [0.15, 0.2) is 0 Å². The zero-order valence-corrected chi connectivity index (χ0v) is 13.1. The molecule has 2 rings (SSSR count). The minimum Gasteiger partial charge on any atom is -0.449 e. The molecule has 0 heterocycles. The van der Waals surface area contributed by atoms with Crippen LogP contribution < -0.4 is 4.90 Å². The first kappa shape index (κ1) is 15.7. The van der Waals surface area contributed by atoms with E-state index in [0.29, 0.717) is 28.0 Å². The molecule has 0 N–H and O–H groups in total. The Balaban J connectivity index is 2.43. The Morgan fingerprint density at radius 2 is 1.86 bits per heavy atom. The molecule has 3 nitrogen and oxygen atoms in total. The summed E-state index contributed by atoms with van der Waals surface area (Å²) in [6.07, 6.45) is 0.287. The van der Waals surface area contributed by atoms with Crippen LogP contribution in [-0.4, -0.2) is 12.7 Å². The number of nitrogens with zero attached hydrogens (tertiary/aromatic N) is 1. The van der Waals surface area contributed by atoms with Crippen molar-refractivity contribution in [1.82, 2.24) is 0 Å². The first-order chi connectivity index (χ1) is 10.1. The van der Waals surface area contributed by atoms with Crippen LogP contribution in [0.5, 0.6) is 0 Å². The molecule has 21 heavy (non-hydrogen) atoms. The fourth-order valence-electron chi connectivity index (χ4n) is 1.84. The van der Waals surface area contributed by atoms with Crippen molar-refractivity contribution in [1.29, 1.82) is 0 Å². The van der Waals surface area contributed by atoms with E-state index in [0.717, 1.165) is 6.42 Å². The average molecular weight is 324 g/mol. The molecule has 0 atom stereocenters. The van der Waals surface area contributed by atoms with Crippen LogP contribution in [0.15, 0.2) is 48.5 Å². The number of amides is 1. The number of halogens is 2. The predicted octanol–water partition coefficient (Wildman–Crippen LogP) is 5.68. The second-order valence-corrected chi connectivity index (χ2v) is 5.22. The first-order valence-electron chi connectivity index (χ1n) is 6.60. The summed E-state index contributed by atoms with van der Waals surface area (Å²) in [5, 5.41) is 0.901. The van der Waals surface area contributed by atoms with E-state index >= 15 is 0 Å². The molecule has 0 radical (unpaired) electrons. The minimum atomic E-state index is -0.465. The van der Waals surface area contributed by atoms with E-state index in [2.05, 4.69) is 0 Å². The monoisotopic (exact) mass is 323 g/mol. The van der Waals surface area contributed by atoms with E-state index in [-0.39, 0.29) is 0 Å². The highest BCUT2D eigenvalue weighted by molar-refractivity contribution is 6.37. The highest BCUT2D eigenvalue weighted by Gasteiger charge is 2.21. The quantitative estimate of drug-likeness (QED) is 0.724. The summed E-state index contributed by atoms with van der Waals surface area (Å²) in [7, 11) is 0. The summed E-state index contributed by atoms with van der Waals surface area (Å²) in [5.74, 6) is 0. The van der Waals surface area contributed by atoms with Gasteiger partial charge in [0.2, 0.25) is 0 Å². The maximum absolute atomic E-state index is 12.4. The van der Waals surface area contributed by atoms with Crippen molar-refractivity contribution in [3.8, 4) is 0 Å². The maximum atomic E-state index is 12.4. The Kier molecular flexibility index (Phi) is 5.48. The molecule has 0 fully saturated rings. The molecule has 0 spiro atoms. The zero-order valence-electron chi connectivity index (χ0n) is 11.6. The molecule has 0 bridgehead atoms. The summed E-state index contributed by atoms with van der Waals surface area (Å²) in [6.45, 7) is 2.29. The molecular weight excluding hydrogens is 309 g/mol. The van der Waals surface area contributed by atoms with Gasteiger partial charge < -0.3 is 4.74 Å². The zero-order chi connectivity index (χ0) is 15.2. The van der Waals surface area contributed by atoms with Crippen molar-refractivity contribution in [3.05, 3.63) is 58.6 Å². The number of carbonyl (C=O) groups is 1. The Bertz CT molecular complexity index is 617. The van der Waals surface area contributed by atoms with E-state index in [1.807, 2.05) is 37.3 Å². The van der Waals surface area contributed by atoms with Gasteiger partial charge in [0, 0.05) is 5.02 Å². The van der Waals surface area contributed by atoms with E-state index in [1.54, 1.807) is 18.2 Å². The number of carbonyl (C=O) groups excluding carboxylic acids is 1. The number of hydrogen-bond donors (Lipinski definition) is 0. The third-order valence-electron chi connectivity index (χ3n) is 2.78. The lowest BCUT2D eigenvalue weighted by Crippen LogP contribution is -2.27. The number of para-hydroxylation sites is 1. The fourth-order valence-corrected chi connectivity index (χ4v) is 2.33. The molecule has 0 saturated heterocycles. The van der Waals surface area contributed by atoms with Crippen molar-refractivity contribution in [2.75, 3.05) is 11.5 Å². The average Bonchev–Trinajstić information content (AvgIpc) is 2.49. The molecule has 2 aromatic carbocycles. The lowest BCUT2D eigenvalue weighted by atomic mass is 10.2. The molecule has 0 aliphatic heterocycles. The number of ether oxygens (including phenoxy) is 1. The third kappa shape index (κ3) is 3.90. The number of benzene rings is 2. The third-order valence-corrected chi connectivity index (χ3v) is 3.32. The molecule has 110 valence electrons. The van der Waals surface area contributed by atoms with E-state index in [1.165, 1.54) is 4.90 Å². The van der Waals surface area contributed by atoms with E-state index in [4.69, 9.17) is 27.9 Å². The number of hydrogen-bond acceptors (Lipinski definition) is 2. The molecule has 2 aromatic rings. The van der Waals surface area contributed by atoms with Gasteiger partial charge in [-0.1, -0.05) is 48.3 Å². The lowest BCUT2D eigenvalue weighted by molar-refractivity contribution is 0.156. The summed E-state index contributed by atoms with van der Waals surface area (Å²) in [5.41, 5.74) is 1.22. The normalized spacial score (nSPS) is 10.2. The van der Waals surface area contributed by atoms with Gasteiger partial charge >= 0.3 is 6.09 Å². The molecule has 0 aromatic heterocycles. The van der Waals surface area contributed by atoms with Crippen LogP contribution in [0, 0.1) is 0 Å². The van der Waals surface area contributed by atoms with Crippen LogP contribution in [0.4, 0.5) is 16.2 Å². The van der Waals surface area contributed by atoms with Gasteiger partial charge in [-0.3, -0.25) is 0 Å². The van der Waals surface area contributed by atoms with Crippen molar-refractivity contribution in [2.45, 2.75) is 13.3 Å². The van der Waals surface area contributed by atoms with Crippen molar-refractivity contribution in [2.24, 2.45) is 0 Å². The van der Waals surface area contributed by atoms with Gasteiger partial charge in [-0.05, 0) is 36.8 Å². The van der Waals surface area contributed by atoms with Crippen LogP contribution in [0.2, 0.25) is 10.0 Å². The standard InChI is InChI=1S/C16H15Cl2NO2/c1-2-10-21-16(20)19(13-6-4-3-5-7-13)15-9-8-12(17)11-14(15)18/h3-9,11H,2,10H2,1H3. The molecule has 0 saturated carbocycles. The Hall–Kier alpha value is -1.71. The fraction of sp³-hybridized carbons (Fsp3) is 0.188. The molecule has 0 aliphatic carbocycles. The molecule has 0 unspecified atom stereocenters. The summed E-state index contributed by atoms with van der Waals surface area (Å²) in [6, 6.07) is 14.2. The Labute approximate surface area is 134 Å². The smallest absolute Gasteiger partial charge is 0.418 e. The van der Waals surface area contributed by atoms with Crippen LogP contribution in [0.1, 0.15) is 13.3 Å². The SMILES string of the molecule is CCCOC(=O)N(c1ccccc1)c1ccc(Cl)cc1Cl. The Morgan fingerprint density at radius 3 is 2.48 bits per heavy atom. The number of anilines is 2. The highest BCUT2D eigenvalue weighted by atomic mass is 35.5. The van der Waals surface area contributed by atoms with Crippen molar-refractivity contribution in [3.63, 3.8) is 0 Å². The second-order valence-electron chi connectivity index (χ2n) is 4.38. The molecule has 0 aliphatic rings. The molecule has 1 amide bonds. The first-order valence-corrected chi connectivity index (χ1v) is 7.36. The number of rotatable bonds is 4. The maximum Gasteiger partial charge on any atom is 0.418 e. The van der Waals surface area contributed by atoms with Crippen molar-refractivity contribution < 1.29 is 9.53 Å². The van der Waals surface area contributed by atoms with Gasteiger partial charge in [0.1, 0.15) is 0 Å². The minimum absolute atomic E-state index is 0.355. The van der Waals surface area contributed by atoms with Crippen LogP contribution in [0.25, 0.3) is 0 Å². The van der Waals surface area contributed by atoms with Gasteiger partial charge in [-0.25, -0.2) is 9.69 Å². The van der Waals surface area contributed by atoms with Gasteiger partial charge in [0.25, 0.3) is 0 Å². The molecule has 5 heteroatoms. The van der Waals surface area contributed by atoms with E-state index < -0.39 is 6.09 Å². The van der Waals surface area contributed by atoms with Crippen LogP contribution >= 0.6 is 23.2 Å².